The molecule has 0 unspecified atom stereocenters. The molecule has 2 heteroatoms. The third-order valence-electron chi connectivity index (χ3n) is 10.2. The SMILES string of the molecule is CC1(C)CCC[C@]2(C)[C@H]3CC[C@@]4(C=O)c5occc5CC[C@@H]4[C@@]3(C)CC[C@@H]12. The molecule has 0 spiro atoms. The summed E-state index contributed by atoms with van der Waals surface area (Å²) in [6.07, 6.45) is 14.3. The van der Waals surface area contributed by atoms with Gasteiger partial charge in [-0.1, -0.05) is 34.1 Å². The topological polar surface area (TPSA) is 30.2 Å². The minimum Gasteiger partial charge on any atom is -0.468 e. The van der Waals surface area contributed by atoms with Gasteiger partial charge in [-0.2, -0.15) is 0 Å². The number of rotatable bonds is 1. The van der Waals surface area contributed by atoms with Gasteiger partial charge in [0.15, 0.2) is 0 Å². The fourth-order valence-electron chi connectivity index (χ4n) is 9.20. The second-order valence-electron chi connectivity index (χ2n) is 11.6. The van der Waals surface area contributed by atoms with Crippen molar-refractivity contribution in [1.82, 2.24) is 0 Å². The number of aryl methyl sites for hydroxylation is 1. The highest BCUT2D eigenvalue weighted by atomic mass is 16.3. The molecule has 148 valence electrons. The molecule has 0 amide bonds. The molecule has 1 heterocycles. The van der Waals surface area contributed by atoms with E-state index >= 15 is 0 Å². The van der Waals surface area contributed by atoms with E-state index in [1.165, 1.54) is 50.4 Å². The van der Waals surface area contributed by atoms with Crippen molar-refractivity contribution in [2.45, 2.75) is 90.9 Å². The third kappa shape index (κ3) is 2.11. The molecule has 1 aromatic heterocycles. The van der Waals surface area contributed by atoms with E-state index in [-0.39, 0.29) is 10.8 Å². The average molecular weight is 369 g/mol. The first-order valence-electron chi connectivity index (χ1n) is 11.3. The third-order valence-corrected chi connectivity index (χ3v) is 10.2. The minimum absolute atomic E-state index is 0.266. The van der Waals surface area contributed by atoms with Crippen LogP contribution in [0.5, 0.6) is 0 Å². The molecule has 0 saturated heterocycles. The van der Waals surface area contributed by atoms with Gasteiger partial charge in [0.05, 0.1) is 11.7 Å². The molecule has 3 saturated carbocycles. The zero-order valence-corrected chi connectivity index (χ0v) is 17.6. The van der Waals surface area contributed by atoms with Gasteiger partial charge in [0.1, 0.15) is 12.0 Å². The summed E-state index contributed by atoms with van der Waals surface area (Å²) in [7, 11) is 0. The second-order valence-corrected chi connectivity index (χ2v) is 11.6. The van der Waals surface area contributed by atoms with Gasteiger partial charge in [0.25, 0.3) is 0 Å². The molecule has 0 N–H and O–H groups in total. The summed E-state index contributed by atoms with van der Waals surface area (Å²) in [6, 6.07) is 2.10. The summed E-state index contributed by atoms with van der Waals surface area (Å²) >= 11 is 0. The van der Waals surface area contributed by atoms with Gasteiger partial charge in [-0.3, -0.25) is 0 Å². The lowest BCUT2D eigenvalue weighted by Gasteiger charge is -2.68. The molecule has 6 atom stereocenters. The van der Waals surface area contributed by atoms with Gasteiger partial charge in [0, 0.05) is 0 Å². The Morgan fingerprint density at radius 1 is 0.926 bits per heavy atom. The fourth-order valence-corrected chi connectivity index (χ4v) is 9.20. The van der Waals surface area contributed by atoms with Crippen molar-refractivity contribution in [2.75, 3.05) is 0 Å². The minimum atomic E-state index is -0.365. The Labute approximate surface area is 164 Å². The van der Waals surface area contributed by atoms with Gasteiger partial charge in [0.2, 0.25) is 0 Å². The van der Waals surface area contributed by atoms with E-state index < -0.39 is 0 Å². The number of carbonyl (C=O) groups is 1. The van der Waals surface area contributed by atoms with Crippen LogP contribution in [0.4, 0.5) is 0 Å². The lowest BCUT2D eigenvalue weighted by molar-refractivity contribution is -0.184. The van der Waals surface area contributed by atoms with Crippen molar-refractivity contribution in [3.8, 4) is 0 Å². The van der Waals surface area contributed by atoms with Crippen molar-refractivity contribution in [2.24, 2.45) is 34.0 Å². The van der Waals surface area contributed by atoms with Gasteiger partial charge < -0.3 is 9.21 Å². The predicted octanol–water partition coefficient (Wildman–Crippen LogP) is 6.32. The molecule has 4 aliphatic carbocycles. The van der Waals surface area contributed by atoms with E-state index in [1.807, 2.05) is 6.26 Å². The van der Waals surface area contributed by atoms with Gasteiger partial charge >= 0.3 is 0 Å². The lowest BCUT2D eigenvalue weighted by atomic mass is 9.36. The molecule has 4 aliphatic rings. The summed E-state index contributed by atoms with van der Waals surface area (Å²) in [4.78, 5) is 12.6. The van der Waals surface area contributed by atoms with Crippen molar-refractivity contribution in [3.05, 3.63) is 23.7 Å². The van der Waals surface area contributed by atoms with E-state index in [0.717, 1.165) is 36.9 Å². The van der Waals surface area contributed by atoms with Crippen LogP contribution in [0.2, 0.25) is 0 Å². The van der Waals surface area contributed by atoms with Gasteiger partial charge in [-0.05, 0) is 97.0 Å². The maximum absolute atomic E-state index is 12.6. The predicted molar refractivity (Wildman–Crippen MR) is 108 cm³/mol. The molecule has 5 rings (SSSR count). The first-order chi connectivity index (χ1) is 12.8. The molecule has 3 fully saturated rings. The molecular formula is C25H36O2. The largest absolute Gasteiger partial charge is 0.468 e. The summed E-state index contributed by atoms with van der Waals surface area (Å²) in [6.45, 7) is 10.2. The smallest absolute Gasteiger partial charge is 0.134 e. The summed E-state index contributed by atoms with van der Waals surface area (Å²) in [5.41, 5.74) is 2.10. The maximum Gasteiger partial charge on any atom is 0.134 e. The maximum atomic E-state index is 12.6. The Morgan fingerprint density at radius 3 is 2.44 bits per heavy atom. The molecule has 1 aromatic rings. The summed E-state index contributed by atoms with van der Waals surface area (Å²) in [5.74, 6) is 3.05. The zero-order valence-electron chi connectivity index (χ0n) is 17.6. The first-order valence-corrected chi connectivity index (χ1v) is 11.3. The second kappa shape index (κ2) is 5.51. The first kappa shape index (κ1) is 18.0. The van der Waals surface area contributed by atoms with Crippen LogP contribution < -0.4 is 0 Å². The molecule has 27 heavy (non-hydrogen) atoms. The van der Waals surface area contributed by atoms with E-state index in [2.05, 4.69) is 33.8 Å². The standard InChI is InChI=1S/C25H36O2/c1-22(2)11-5-12-23(3)18(22)8-13-24(4)19(23)9-14-25(16-26)20(24)7-6-17-10-15-27-21(17)25/h10,15-16,18-20H,5-9,11-14H2,1-4H3/t18-,19+,20+,23-,24-,25-/m0/s1. The molecule has 0 aromatic carbocycles. The zero-order chi connectivity index (χ0) is 19.1. The van der Waals surface area contributed by atoms with E-state index in [1.54, 1.807) is 0 Å². The summed E-state index contributed by atoms with van der Waals surface area (Å²) < 4.78 is 5.98. The number of aldehydes is 1. The van der Waals surface area contributed by atoms with E-state index in [9.17, 15) is 4.79 Å². The Balaban J connectivity index is 1.60. The molecule has 0 aliphatic heterocycles. The van der Waals surface area contributed by atoms with Crippen LogP contribution in [-0.2, 0) is 16.6 Å². The van der Waals surface area contributed by atoms with Crippen LogP contribution in [0.1, 0.15) is 90.4 Å². The summed E-state index contributed by atoms with van der Waals surface area (Å²) in [5, 5.41) is 0. The highest BCUT2D eigenvalue weighted by molar-refractivity contribution is 5.70. The Kier molecular flexibility index (Phi) is 3.68. The Hall–Kier alpha value is -1.05. The van der Waals surface area contributed by atoms with Crippen LogP contribution in [0.25, 0.3) is 0 Å². The van der Waals surface area contributed by atoms with Gasteiger partial charge in [-0.15, -0.1) is 0 Å². The van der Waals surface area contributed by atoms with Crippen molar-refractivity contribution < 1.29 is 9.21 Å². The quantitative estimate of drug-likeness (QED) is 0.543. The fraction of sp³-hybridized carbons (Fsp3) is 0.800. The lowest BCUT2D eigenvalue weighted by Crippen LogP contribution is -2.63. The number of carbonyl (C=O) groups excluding carboxylic acids is 1. The molecular weight excluding hydrogens is 332 g/mol. The normalized spacial score (nSPS) is 47.9. The van der Waals surface area contributed by atoms with Crippen LogP contribution in [0.3, 0.4) is 0 Å². The Morgan fingerprint density at radius 2 is 1.67 bits per heavy atom. The van der Waals surface area contributed by atoms with Crippen molar-refractivity contribution in [1.29, 1.82) is 0 Å². The van der Waals surface area contributed by atoms with Crippen LogP contribution >= 0.6 is 0 Å². The van der Waals surface area contributed by atoms with Crippen LogP contribution in [0.15, 0.2) is 16.7 Å². The monoisotopic (exact) mass is 368 g/mol. The molecule has 2 nitrogen and oxygen atoms in total. The van der Waals surface area contributed by atoms with Crippen molar-refractivity contribution >= 4 is 6.29 Å². The van der Waals surface area contributed by atoms with E-state index in [0.29, 0.717) is 16.7 Å². The van der Waals surface area contributed by atoms with E-state index in [4.69, 9.17) is 4.42 Å². The highest BCUT2D eigenvalue weighted by Crippen LogP contribution is 2.71. The molecule has 0 radical (unpaired) electrons. The van der Waals surface area contributed by atoms with Gasteiger partial charge in [-0.25, -0.2) is 0 Å². The number of hydrogen-bond acceptors (Lipinski definition) is 2. The van der Waals surface area contributed by atoms with Crippen molar-refractivity contribution in [3.63, 3.8) is 0 Å². The number of hydrogen-bond donors (Lipinski definition) is 0. The Bertz CT molecular complexity index is 760. The van der Waals surface area contributed by atoms with Crippen LogP contribution in [-0.4, -0.2) is 6.29 Å². The molecule has 0 bridgehead atoms. The number of furan rings is 1. The highest BCUT2D eigenvalue weighted by Gasteiger charge is 2.66. The average Bonchev–Trinajstić information content (AvgIpc) is 3.10. The number of fused-ring (bicyclic) bond motifs is 7. The van der Waals surface area contributed by atoms with Crippen LogP contribution in [0, 0.1) is 34.0 Å².